The summed E-state index contributed by atoms with van der Waals surface area (Å²) in [6.07, 6.45) is 6.32. The van der Waals surface area contributed by atoms with Gasteiger partial charge in [-0.05, 0) is 19.3 Å². The van der Waals surface area contributed by atoms with E-state index in [4.69, 9.17) is 14.2 Å². The van der Waals surface area contributed by atoms with E-state index in [1.54, 1.807) is 27.5 Å². The largest absolute Gasteiger partial charge is 0.496 e. The Morgan fingerprint density at radius 2 is 1.78 bits per heavy atom. The molecule has 1 saturated heterocycles. The third-order valence-corrected chi connectivity index (χ3v) is 5.04. The number of carbonyl (C=O) groups excluding carboxylic acids is 1. The molecule has 0 atom stereocenters. The van der Waals surface area contributed by atoms with Crippen LogP contribution in [0.2, 0.25) is 0 Å². The van der Waals surface area contributed by atoms with Crippen molar-refractivity contribution in [3.8, 4) is 17.2 Å². The second kappa shape index (κ2) is 8.75. The van der Waals surface area contributed by atoms with E-state index in [0.29, 0.717) is 36.1 Å². The molecule has 146 valence electrons. The molecule has 1 aliphatic heterocycles. The molecule has 3 rings (SSSR count). The minimum absolute atomic E-state index is 0.145. The summed E-state index contributed by atoms with van der Waals surface area (Å²) in [6.45, 7) is 1.47. The summed E-state index contributed by atoms with van der Waals surface area (Å²) < 4.78 is 18.1. The summed E-state index contributed by atoms with van der Waals surface area (Å²) in [7, 11) is 4.81. The molecule has 0 saturated carbocycles. The SMILES string of the molecule is COc1cc(OC)c(CCC(=O)N2CCC(n3ccnn3)CC2)c(OC)c1. The molecule has 1 aromatic carbocycles. The highest BCUT2D eigenvalue weighted by atomic mass is 16.5. The van der Waals surface area contributed by atoms with Gasteiger partial charge >= 0.3 is 0 Å². The Balaban J connectivity index is 1.59. The van der Waals surface area contributed by atoms with Crippen LogP contribution in [-0.2, 0) is 11.2 Å². The first-order chi connectivity index (χ1) is 13.2. The second-order valence-electron chi connectivity index (χ2n) is 6.51. The Morgan fingerprint density at radius 3 is 2.30 bits per heavy atom. The van der Waals surface area contributed by atoms with E-state index in [2.05, 4.69) is 10.3 Å². The molecule has 0 bridgehead atoms. The lowest BCUT2D eigenvalue weighted by Gasteiger charge is -2.32. The maximum absolute atomic E-state index is 12.7. The average molecular weight is 374 g/mol. The van der Waals surface area contributed by atoms with Crippen LogP contribution in [0.5, 0.6) is 17.2 Å². The molecule has 1 fully saturated rings. The minimum atomic E-state index is 0.145. The molecule has 8 nitrogen and oxygen atoms in total. The molecule has 1 aromatic heterocycles. The number of methoxy groups -OCH3 is 3. The number of hydrogen-bond donors (Lipinski definition) is 0. The molecule has 2 aromatic rings. The van der Waals surface area contributed by atoms with Crippen molar-refractivity contribution in [2.75, 3.05) is 34.4 Å². The van der Waals surface area contributed by atoms with Crippen LogP contribution < -0.4 is 14.2 Å². The number of likely N-dealkylation sites (tertiary alicyclic amines) is 1. The lowest BCUT2D eigenvalue weighted by Crippen LogP contribution is -2.39. The smallest absolute Gasteiger partial charge is 0.222 e. The quantitative estimate of drug-likeness (QED) is 0.739. The first-order valence-corrected chi connectivity index (χ1v) is 9.08. The summed E-state index contributed by atoms with van der Waals surface area (Å²) in [5.74, 6) is 2.15. The fourth-order valence-corrected chi connectivity index (χ4v) is 3.51. The van der Waals surface area contributed by atoms with Gasteiger partial charge < -0.3 is 19.1 Å². The van der Waals surface area contributed by atoms with Gasteiger partial charge in [0.2, 0.25) is 5.91 Å². The van der Waals surface area contributed by atoms with Crippen LogP contribution >= 0.6 is 0 Å². The maximum atomic E-state index is 12.7. The lowest BCUT2D eigenvalue weighted by molar-refractivity contribution is -0.132. The Morgan fingerprint density at radius 1 is 1.11 bits per heavy atom. The summed E-state index contributed by atoms with van der Waals surface area (Å²) in [6, 6.07) is 3.94. The molecule has 1 aliphatic rings. The van der Waals surface area contributed by atoms with Crippen molar-refractivity contribution in [3.05, 3.63) is 30.1 Å². The number of benzene rings is 1. The van der Waals surface area contributed by atoms with Gasteiger partial charge in [-0.2, -0.15) is 0 Å². The molecule has 1 amide bonds. The highest BCUT2D eigenvalue weighted by molar-refractivity contribution is 5.77. The van der Waals surface area contributed by atoms with E-state index >= 15 is 0 Å². The summed E-state index contributed by atoms with van der Waals surface area (Å²) in [5, 5.41) is 7.92. The number of rotatable bonds is 7. The molecule has 8 heteroatoms. The number of aromatic nitrogens is 3. The molecular weight excluding hydrogens is 348 g/mol. The Hall–Kier alpha value is -2.77. The van der Waals surface area contributed by atoms with Gasteiger partial charge in [-0.15, -0.1) is 5.10 Å². The molecule has 0 unspecified atom stereocenters. The van der Waals surface area contributed by atoms with Crippen LogP contribution in [0.3, 0.4) is 0 Å². The van der Waals surface area contributed by atoms with E-state index < -0.39 is 0 Å². The van der Waals surface area contributed by atoms with Crippen LogP contribution in [0.15, 0.2) is 24.5 Å². The van der Waals surface area contributed by atoms with Crippen molar-refractivity contribution in [2.45, 2.75) is 31.7 Å². The van der Waals surface area contributed by atoms with Crippen LogP contribution in [0.1, 0.15) is 30.9 Å². The van der Waals surface area contributed by atoms with Gasteiger partial charge in [0.05, 0.1) is 33.6 Å². The molecule has 0 spiro atoms. The summed E-state index contributed by atoms with van der Waals surface area (Å²) >= 11 is 0. The second-order valence-corrected chi connectivity index (χ2v) is 6.51. The Labute approximate surface area is 159 Å². The van der Waals surface area contributed by atoms with Crippen molar-refractivity contribution < 1.29 is 19.0 Å². The van der Waals surface area contributed by atoms with E-state index in [0.717, 1.165) is 31.5 Å². The van der Waals surface area contributed by atoms with Crippen LogP contribution in [0.25, 0.3) is 0 Å². The van der Waals surface area contributed by atoms with Gasteiger partial charge in [-0.25, -0.2) is 4.68 Å². The number of amides is 1. The molecule has 0 radical (unpaired) electrons. The average Bonchev–Trinajstić information content (AvgIpc) is 3.26. The third kappa shape index (κ3) is 4.32. The van der Waals surface area contributed by atoms with Crippen LogP contribution in [0, 0.1) is 0 Å². The highest BCUT2D eigenvalue weighted by Crippen LogP contribution is 2.35. The number of nitrogens with zero attached hydrogens (tertiary/aromatic N) is 4. The van der Waals surface area contributed by atoms with Gasteiger partial charge in [0, 0.05) is 43.4 Å². The fraction of sp³-hybridized carbons (Fsp3) is 0.526. The van der Waals surface area contributed by atoms with E-state index in [9.17, 15) is 4.79 Å². The minimum Gasteiger partial charge on any atom is -0.496 e. The molecular formula is C19H26N4O4. The predicted octanol–water partition coefficient (Wildman–Crippen LogP) is 2.10. The summed E-state index contributed by atoms with van der Waals surface area (Å²) in [5.41, 5.74) is 0.881. The van der Waals surface area contributed by atoms with Crippen LogP contribution in [0.4, 0.5) is 0 Å². The fourth-order valence-electron chi connectivity index (χ4n) is 3.51. The van der Waals surface area contributed by atoms with E-state index in [1.807, 2.05) is 27.9 Å². The third-order valence-electron chi connectivity index (χ3n) is 5.04. The first kappa shape index (κ1) is 19.0. The van der Waals surface area contributed by atoms with Crippen molar-refractivity contribution in [2.24, 2.45) is 0 Å². The number of ether oxygens (including phenoxy) is 3. The molecule has 27 heavy (non-hydrogen) atoms. The maximum Gasteiger partial charge on any atom is 0.222 e. The molecule has 0 N–H and O–H groups in total. The monoisotopic (exact) mass is 374 g/mol. The van der Waals surface area contributed by atoms with Gasteiger partial charge in [-0.3, -0.25) is 4.79 Å². The van der Waals surface area contributed by atoms with Gasteiger partial charge in [-0.1, -0.05) is 5.21 Å². The number of piperidine rings is 1. The van der Waals surface area contributed by atoms with Crippen LogP contribution in [-0.4, -0.2) is 60.2 Å². The summed E-state index contributed by atoms with van der Waals surface area (Å²) in [4.78, 5) is 14.6. The van der Waals surface area contributed by atoms with Crippen molar-refractivity contribution >= 4 is 5.91 Å². The molecule has 2 heterocycles. The zero-order valence-electron chi connectivity index (χ0n) is 16.1. The number of carbonyl (C=O) groups is 1. The van der Waals surface area contributed by atoms with Gasteiger partial charge in [0.25, 0.3) is 0 Å². The zero-order chi connectivity index (χ0) is 19.2. The van der Waals surface area contributed by atoms with Crippen molar-refractivity contribution in [1.29, 1.82) is 0 Å². The van der Waals surface area contributed by atoms with E-state index in [1.165, 1.54) is 0 Å². The van der Waals surface area contributed by atoms with Gasteiger partial charge in [0.15, 0.2) is 0 Å². The van der Waals surface area contributed by atoms with E-state index in [-0.39, 0.29) is 5.91 Å². The normalized spacial score (nSPS) is 14.9. The van der Waals surface area contributed by atoms with Gasteiger partial charge in [0.1, 0.15) is 17.2 Å². The standard InChI is InChI=1S/C19H26N4O4/c1-25-15-12-17(26-2)16(18(13-15)27-3)4-5-19(24)22-9-6-14(7-10-22)23-11-8-20-21-23/h8,11-14H,4-7,9-10H2,1-3H3. The van der Waals surface area contributed by atoms with Crippen molar-refractivity contribution in [3.63, 3.8) is 0 Å². The Kier molecular flexibility index (Phi) is 6.16. The van der Waals surface area contributed by atoms with Crippen molar-refractivity contribution in [1.82, 2.24) is 19.9 Å². The first-order valence-electron chi connectivity index (χ1n) is 9.08. The highest BCUT2D eigenvalue weighted by Gasteiger charge is 2.24. The molecule has 0 aliphatic carbocycles. The lowest BCUT2D eigenvalue weighted by atomic mass is 10.0. The zero-order valence-corrected chi connectivity index (χ0v) is 16.1. The predicted molar refractivity (Wildman–Crippen MR) is 99.3 cm³/mol. The topological polar surface area (TPSA) is 78.7 Å². The number of hydrogen-bond acceptors (Lipinski definition) is 6. The Bertz CT molecular complexity index is 730.